The van der Waals surface area contributed by atoms with E-state index >= 15 is 0 Å². The summed E-state index contributed by atoms with van der Waals surface area (Å²) in [7, 11) is 2.08. The lowest BCUT2D eigenvalue weighted by Gasteiger charge is -2.30. The standard InChI is InChI=1S/C14H20BrNO3/c1-10(17)13-4-3-11(15)7-14(13)19-9-12-8-16(2)5-6-18-12/h3-4,7,10,12,17H,5-6,8-9H2,1-2H3. The summed E-state index contributed by atoms with van der Waals surface area (Å²) >= 11 is 3.42. The van der Waals surface area contributed by atoms with Gasteiger partial charge >= 0.3 is 0 Å². The van der Waals surface area contributed by atoms with E-state index in [-0.39, 0.29) is 6.10 Å². The Labute approximate surface area is 122 Å². The van der Waals surface area contributed by atoms with E-state index in [0.717, 1.165) is 29.7 Å². The molecular formula is C14H20BrNO3. The molecule has 0 aromatic heterocycles. The van der Waals surface area contributed by atoms with E-state index < -0.39 is 6.10 Å². The molecule has 5 heteroatoms. The van der Waals surface area contributed by atoms with Crippen LogP contribution in [0.1, 0.15) is 18.6 Å². The molecule has 1 saturated heterocycles. The Morgan fingerprint density at radius 2 is 2.37 bits per heavy atom. The topological polar surface area (TPSA) is 41.9 Å². The van der Waals surface area contributed by atoms with Crippen LogP contribution in [0.5, 0.6) is 5.75 Å². The van der Waals surface area contributed by atoms with Crippen molar-refractivity contribution in [3.8, 4) is 5.75 Å². The van der Waals surface area contributed by atoms with Crippen molar-refractivity contribution in [1.82, 2.24) is 4.90 Å². The van der Waals surface area contributed by atoms with Crippen molar-refractivity contribution in [3.05, 3.63) is 28.2 Å². The molecule has 2 rings (SSSR count). The molecule has 0 aliphatic carbocycles. The maximum atomic E-state index is 9.74. The molecule has 0 radical (unpaired) electrons. The molecule has 0 saturated carbocycles. The summed E-state index contributed by atoms with van der Waals surface area (Å²) in [6, 6.07) is 5.66. The lowest BCUT2D eigenvalue weighted by atomic mass is 10.1. The first-order chi connectivity index (χ1) is 9.06. The first kappa shape index (κ1) is 14.8. The molecule has 1 aromatic carbocycles. The van der Waals surface area contributed by atoms with Gasteiger partial charge in [-0.25, -0.2) is 0 Å². The molecule has 0 spiro atoms. The van der Waals surface area contributed by atoms with E-state index in [1.807, 2.05) is 18.2 Å². The van der Waals surface area contributed by atoms with Gasteiger partial charge in [0.05, 0.1) is 12.7 Å². The van der Waals surface area contributed by atoms with Crippen LogP contribution < -0.4 is 4.74 Å². The fourth-order valence-corrected chi connectivity index (χ4v) is 2.47. The lowest BCUT2D eigenvalue weighted by molar-refractivity contribution is -0.0407. The number of hydrogen-bond acceptors (Lipinski definition) is 4. The Morgan fingerprint density at radius 3 is 3.05 bits per heavy atom. The molecule has 1 fully saturated rings. The normalized spacial score (nSPS) is 22.2. The van der Waals surface area contributed by atoms with E-state index in [9.17, 15) is 5.11 Å². The molecule has 1 aromatic rings. The Balaban J connectivity index is 2.00. The predicted molar refractivity (Wildman–Crippen MR) is 77.5 cm³/mol. The van der Waals surface area contributed by atoms with Crippen LogP contribution >= 0.6 is 15.9 Å². The van der Waals surface area contributed by atoms with Crippen LogP contribution in [0.25, 0.3) is 0 Å². The van der Waals surface area contributed by atoms with Crippen LogP contribution in [-0.4, -0.2) is 49.5 Å². The number of aliphatic hydroxyl groups excluding tert-OH is 1. The van der Waals surface area contributed by atoms with Crippen molar-refractivity contribution in [2.24, 2.45) is 0 Å². The van der Waals surface area contributed by atoms with Crippen LogP contribution in [0.4, 0.5) is 0 Å². The maximum absolute atomic E-state index is 9.74. The zero-order valence-electron chi connectivity index (χ0n) is 11.3. The highest BCUT2D eigenvalue weighted by atomic mass is 79.9. The highest BCUT2D eigenvalue weighted by Crippen LogP contribution is 2.28. The minimum atomic E-state index is -0.543. The van der Waals surface area contributed by atoms with Crippen molar-refractivity contribution < 1.29 is 14.6 Å². The molecule has 1 N–H and O–H groups in total. The minimum Gasteiger partial charge on any atom is -0.490 e. The average molecular weight is 330 g/mol. The second-order valence-corrected chi connectivity index (χ2v) is 5.84. The summed E-state index contributed by atoms with van der Waals surface area (Å²) in [5.74, 6) is 0.709. The number of nitrogens with zero attached hydrogens (tertiary/aromatic N) is 1. The van der Waals surface area contributed by atoms with Crippen molar-refractivity contribution >= 4 is 15.9 Å². The Morgan fingerprint density at radius 1 is 1.58 bits per heavy atom. The largest absolute Gasteiger partial charge is 0.490 e. The number of rotatable bonds is 4. The summed E-state index contributed by atoms with van der Waals surface area (Å²) in [6.45, 7) is 4.82. The average Bonchev–Trinajstić information content (AvgIpc) is 2.36. The summed E-state index contributed by atoms with van der Waals surface area (Å²) in [6.07, 6.45) is -0.461. The van der Waals surface area contributed by atoms with Gasteiger partial charge in [-0.2, -0.15) is 0 Å². The third-order valence-electron chi connectivity index (χ3n) is 3.19. The van der Waals surface area contributed by atoms with Gasteiger partial charge in [0.1, 0.15) is 18.5 Å². The summed E-state index contributed by atoms with van der Waals surface area (Å²) in [5, 5.41) is 9.74. The molecule has 19 heavy (non-hydrogen) atoms. The van der Waals surface area contributed by atoms with Crippen molar-refractivity contribution in [3.63, 3.8) is 0 Å². The predicted octanol–water partition coefficient (Wildman–Crippen LogP) is 2.21. The van der Waals surface area contributed by atoms with Gasteiger partial charge in [0.2, 0.25) is 0 Å². The van der Waals surface area contributed by atoms with Crippen molar-refractivity contribution in [1.29, 1.82) is 0 Å². The van der Waals surface area contributed by atoms with E-state index in [4.69, 9.17) is 9.47 Å². The van der Waals surface area contributed by atoms with Gasteiger partial charge in [-0.3, -0.25) is 0 Å². The molecule has 0 bridgehead atoms. The lowest BCUT2D eigenvalue weighted by Crippen LogP contribution is -2.42. The van der Waals surface area contributed by atoms with Crippen LogP contribution in [0.2, 0.25) is 0 Å². The van der Waals surface area contributed by atoms with Crippen LogP contribution in [0.15, 0.2) is 22.7 Å². The van der Waals surface area contributed by atoms with Gasteiger partial charge in [-0.05, 0) is 26.1 Å². The molecule has 2 atom stereocenters. The third kappa shape index (κ3) is 4.18. The van der Waals surface area contributed by atoms with Crippen LogP contribution in [0.3, 0.4) is 0 Å². The van der Waals surface area contributed by atoms with Gasteiger partial charge in [-0.1, -0.05) is 22.0 Å². The van der Waals surface area contributed by atoms with E-state index in [1.165, 1.54) is 0 Å². The molecule has 2 unspecified atom stereocenters. The van der Waals surface area contributed by atoms with E-state index in [2.05, 4.69) is 27.9 Å². The van der Waals surface area contributed by atoms with Gasteiger partial charge in [-0.15, -0.1) is 0 Å². The maximum Gasteiger partial charge on any atom is 0.126 e. The number of benzene rings is 1. The van der Waals surface area contributed by atoms with Crippen molar-refractivity contribution in [2.45, 2.75) is 19.1 Å². The zero-order valence-corrected chi connectivity index (χ0v) is 12.9. The molecule has 0 amide bonds. The molecular weight excluding hydrogens is 310 g/mol. The number of likely N-dealkylation sites (N-methyl/N-ethyl adjacent to an activating group) is 1. The van der Waals surface area contributed by atoms with Crippen molar-refractivity contribution in [2.75, 3.05) is 33.4 Å². The number of hydrogen-bond donors (Lipinski definition) is 1. The van der Waals surface area contributed by atoms with Crippen LogP contribution in [-0.2, 0) is 4.74 Å². The molecule has 1 heterocycles. The molecule has 1 aliphatic rings. The van der Waals surface area contributed by atoms with Gasteiger partial charge in [0.15, 0.2) is 0 Å². The number of halogens is 1. The number of morpholine rings is 1. The Hall–Kier alpha value is -0.620. The number of ether oxygens (including phenoxy) is 2. The SMILES string of the molecule is CC(O)c1ccc(Br)cc1OCC1CN(C)CCO1. The molecule has 4 nitrogen and oxygen atoms in total. The fraction of sp³-hybridized carbons (Fsp3) is 0.571. The second kappa shape index (κ2) is 6.70. The quantitative estimate of drug-likeness (QED) is 0.919. The highest BCUT2D eigenvalue weighted by Gasteiger charge is 2.19. The molecule has 106 valence electrons. The van der Waals surface area contributed by atoms with Gasteiger partial charge < -0.3 is 19.5 Å². The Kier molecular flexibility index (Phi) is 5.21. The highest BCUT2D eigenvalue weighted by molar-refractivity contribution is 9.10. The first-order valence-corrected chi connectivity index (χ1v) is 7.26. The summed E-state index contributed by atoms with van der Waals surface area (Å²) < 4.78 is 12.4. The fourth-order valence-electron chi connectivity index (χ4n) is 2.13. The minimum absolute atomic E-state index is 0.0829. The zero-order chi connectivity index (χ0) is 13.8. The first-order valence-electron chi connectivity index (χ1n) is 6.46. The van der Waals surface area contributed by atoms with E-state index in [0.29, 0.717) is 12.4 Å². The third-order valence-corrected chi connectivity index (χ3v) is 3.69. The van der Waals surface area contributed by atoms with Gasteiger partial charge in [0, 0.05) is 23.1 Å². The summed E-state index contributed by atoms with van der Waals surface area (Å²) in [5.41, 5.74) is 0.798. The van der Waals surface area contributed by atoms with E-state index in [1.54, 1.807) is 6.92 Å². The smallest absolute Gasteiger partial charge is 0.126 e. The Bertz CT molecular complexity index is 425. The van der Waals surface area contributed by atoms with Crippen LogP contribution in [0, 0.1) is 0 Å². The summed E-state index contributed by atoms with van der Waals surface area (Å²) in [4.78, 5) is 2.23. The number of aliphatic hydroxyl groups is 1. The second-order valence-electron chi connectivity index (χ2n) is 4.92. The van der Waals surface area contributed by atoms with Gasteiger partial charge in [0.25, 0.3) is 0 Å². The monoisotopic (exact) mass is 329 g/mol. The molecule has 1 aliphatic heterocycles.